The van der Waals surface area contributed by atoms with E-state index >= 15 is 0 Å². The predicted octanol–water partition coefficient (Wildman–Crippen LogP) is 2.32. The van der Waals surface area contributed by atoms with Crippen LogP contribution in [0.15, 0.2) is 24.3 Å². The van der Waals surface area contributed by atoms with Gasteiger partial charge in [0.1, 0.15) is 5.82 Å². The van der Waals surface area contributed by atoms with E-state index in [0.29, 0.717) is 30.0 Å². The lowest BCUT2D eigenvalue weighted by Crippen LogP contribution is -2.40. The molecule has 4 nitrogen and oxygen atoms in total. The third kappa shape index (κ3) is 4.90. The van der Waals surface area contributed by atoms with E-state index in [1.54, 1.807) is 12.1 Å². The van der Waals surface area contributed by atoms with Crippen molar-refractivity contribution in [3.63, 3.8) is 0 Å². The number of piperidine rings is 1. The highest BCUT2D eigenvalue weighted by molar-refractivity contribution is 5.85. The second-order valence-corrected chi connectivity index (χ2v) is 6.55. The molecule has 2 aliphatic heterocycles. The third-order valence-corrected chi connectivity index (χ3v) is 4.77. The maximum atomic E-state index is 13.1. The predicted molar refractivity (Wildman–Crippen MR) is 88.9 cm³/mol. The molecule has 2 aliphatic rings. The molecule has 6 heteroatoms. The largest absolute Gasteiger partial charge is 0.387 e. The molecule has 2 fully saturated rings. The zero-order valence-corrected chi connectivity index (χ0v) is 13.8. The van der Waals surface area contributed by atoms with Gasteiger partial charge in [-0.25, -0.2) is 4.39 Å². The van der Waals surface area contributed by atoms with Gasteiger partial charge >= 0.3 is 0 Å². The molecular formula is C17H24ClFN2O2. The Hall–Kier alpha value is -1.17. The number of hydrogen-bond acceptors (Lipinski definition) is 3. The zero-order valence-electron chi connectivity index (χ0n) is 13.0. The van der Waals surface area contributed by atoms with Crippen molar-refractivity contribution in [2.75, 3.05) is 6.54 Å². The van der Waals surface area contributed by atoms with Gasteiger partial charge in [0.2, 0.25) is 5.91 Å². The van der Waals surface area contributed by atoms with Crippen LogP contribution in [0.5, 0.6) is 0 Å². The number of fused-ring (bicyclic) bond motifs is 2. The zero-order chi connectivity index (χ0) is 15.5. The van der Waals surface area contributed by atoms with Crippen LogP contribution in [-0.2, 0) is 4.79 Å². The van der Waals surface area contributed by atoms with E-state index in [1.165, 1.54) is 25.0 Å². The van der Waals surface area contributed by atoms with Gasteiger partial charge in [-0.15, -0.1) is 12.4 Å². The average molecular weight is 343 g/mol. The lowest BCUT2D eigenvalue weighted by atomic mass is 9.89. The number of rotatable bonds is 5. The van der Waals surface area contributed by atoms with Gasteiger partial charge in [-0.05, 0) is 49.3 Å². The monoisotopic (exact) mass is 342 g/mol. The van der Waals surface area contributed by atoms with Crippen molar-refractivity contribution in [2.24, 2.45) is 5.92 Å². The Labute approximate surface area is 142 Å². The van der Waals surface area contributed by atoms with Gasteiger partial charge in [-0.2, -0.15) is 0 Å². The molecule has 3 rings (SSSR count). The number of aliphatic hydroxyl groups is 1. The van der Waals surface area contributed by atoms with Crippen molar-refractivity contribution >= 4 is 18.3 Å². The highest BCUT2D eigenvalue weighted by Gasteiger charge is 2.34. The van der Waals surface area contributed by atoms with E-state index in [9.17, 15) is 14.3 Å². The van der Waals surface area contributed by atoms with Gasteiger partial charge < -0.3 is 15.7 Å². The van der Waals surface area contributed by atoms with Gasteiger partial charge in [0.05, 0.1) is 6.10 Å². The van der Waals surface area contributed by atoms with Crippen LogP contribution in [-0.4, -0.2) is 29.6 Å². The van der Waals surface area contributed by atoms with Gasteiger partial charge in [0.25, 0.3) is 0 Å². The first-order valence-corrected chi connectivity index (χ1v) is 8.06. The summed E-state index contributed by atoms with van der Waals surface area (Å²) in [6.45, 7) is 0.125. The number of benzene rings is 1. The highest BCUT2D eigenvalue weighted by atomic mass is 35.5. The Balaban J connectivity index is 0.00000192. The fourth-order valence-corrected chi connectivity index (χ4v) is 3.72. The fraction of sp³-hybridized carbons (Fsp3) is 0.588. The Morgan fingerprint density at radius 2 is 2.04 bits per heavy atom. The normalized spacial score (nSPS) is 27.1. The first kappa shape index (κ1) is 18.2. The van der Waals surface area contributed by atoms with Crippen LogP contribution in [0.2, 0.25) is 0 Å². The number of amides is 1. The summed E-state index contributed by atoms with van der Waals surface area (Å²) in [5, 5.41) is 16.3. The molecule has 3 unspecified atom stereocenters. The van der Waals surface area contributed by atoms with Crippen LogP contribution >= 0.6 is 12.4 Å². The SMILES string of the molecule is Cl.O=C(CC1CC2CCC(C1)N2)NCC(O)c1cccc(F)c1. The summed E-state index contributed by atoms with van der Waals surface area (Å²) in [6, 6.07) is 7.00. The molecule has 3 N–H and O–H groups in total. The Bertz CT molecular complexity index is 531. The molecule has 0 saturated carbocycles. The van der Waals surface area contributed by atoms with Crippen LogP contribution in [0.25, 0.3) is 0 Å². The van der Waals surface area contributed by atoms with Crippen molar-refractivity contribution in [1.29, 1.82) is 0 Å². The third-order valence-electron chi connectivity index (χ3n) is 4.77. The van der Waals surface area contributed by atoms with E-state index in [0.717, 1.165) is 12.8 Å². The number of carbonyl (C=O) groups is 1. The lowest BCUT2D eigenvalue weighted by molar-refractivity contribution is -0.122. The van der Waals surface area contributed by atoms with Gasteiger partial charge in [0, 0.05) is 25.0 Å². The van der Waals surface area contributed by atoms with Gasteiger partial charge in [-0.3, -0.25) is 4.79 Å². The number of aliphatic hydroxyl groups excluding tert-OH is 1. The van der Waals surface area contributed by atoms with E-state index in [-0.39, 0.29) is 30.7 Å². The molecule has 0 radical (unpaired) electrons. The summed E-state index contributed by atoms with van der Waals surface area (Å²) in [7, 11) is 0. The minimum absolute atomic E-state index is 0. The Kier molecular flexibility index (Phi) is 6.39. The first-order chi connectivity index (χ1) is 10.6. The Morgan fingerprint density at radius 1 is 1.35 bits per heavy atom. The van der Waals surface area contributed by atoms with Crippen LogP contribution in [0.4, 0.5) is 4.39 Å². The van der Waals surface area contributed by atoms with Gasteiger partial charge in [0.15, 0.2) is 0 Å². The molecule has 1 aromatic carbocycles. The molecule has 2 bridgehead atoms. The van der Waals surface area contributed by atoms with E-state index in [4.69, 9.17) is 0 Å². The van der Waals surface area contributed by atoms with Crippen molar-refractivity contribution in [3.8, 4) is 0 Å². The van der Waals surface area contributed by atoms with E-state index < -0.39 is 6.10 Å². The average Bonchev–Trinajstić information content (AvgIpc) is 2.83. The van der Waals surface area contributed by atoms with E-state index in [2.05, 4.69) is 10.6 Å². The lowest BCUT2D eigenvalue weighted by Gasteiger charge is -2.28. The van der Waals surface area contributed by atoms with Crippen molar-refractivity contribution in [3.05, 3.63) is 35.6 Å². The molecule has 1 aromatic rings. The second kappa shape index (κ2) is 8.08. The molecule has 3 atom stereocenters. The molecule has 0 aromatic heterocycles. The standard InChI is InChI=1S/C17H23FN2O2.ClH/c18-13-3-1-2-12(9-13)16(21)10-19-17(22)8-11-6-14-4-5-15(7-11)20-14;/h1-3,9,11,14-16,20-21H,4-8,10H2,(H,19,22);1H. The number of nitrogens with one attached hydrogen (secondary N) is 2. The minimum Gasteiger partial charge on any atom is -0.387 e. The topological polar surface area (TPSA) is 61.4 Å². The summed E-state index contributed by atoms with van der Waals surface area (Å²) in [6.07, 6.45) is 4.23. The summed E-state index contributed by atoms with van der Waals surface area (Å²) >= 11 is 0. The van der Waals surface area contributed by atoms with Crippen molar-refractivity contribution in [1.82, 2.24) is 10.6 Å². The maximum absolute atomic E-state index is 13.1. The van der Waals surface area contributed by atoms with Crippen molar-refractivity contribution in [2.45, 2.75) is 50.3 Å². The highest BCUT2D eigenvalue weighted by Crippen LogP contribution is 2.32. The number of hydrogen-bond donors (Lipinski definition) is 3. The van der Waals surface area contributed by atoms with Crippen LogP contribution in [0, 0.1) is 11.7 Å². The summed E-state index contributed by atoms with van der Waals surface area (Å²) in [5.41, 5.74) is 0.486. The molecule has 2 heterocycles. The van der Waals surface area contributed by atoms with Crippen molar-refractivity contribution < 1.29 is 14.3 Å². The molecule has 2 saturated heterocycles. The molecule has 1 amide bonds. The summed E-state index contributed by atoms with van der Waals surface area (Å²) in [5.74, 6) is 0.0277. The quantitative estimate of drug-likeness (QED) is 0.769. The van der Waals surface area contributed by atoms with Crippen LogP contribution in [0.1, 0.15) is 43.8 Å². The minimum atomic E-state index is -0.871. The maximum Gasteiger partial charge on any atom is 0.220 e. The summed E-state index contributed by atoms with van der Waals surface area (Å²) in [4.78, 5) is 12.0. The first-order valence-electron chi connectivity index (χ1n) is 8.06. The fourth-order valence-electron chi connectivity index (χ4n) is 3.72. The van der Waals surface area contributed by atoms with Crippen LogP contribution < -0.4 is 10.6 Å². The number of halogens is 2. The van der Waals surface area contributed by atoms with E-state index in [1.807, 2.05) is 0 Å². The Morgan fingerprint density at radius 3 is 2.70 bits per heavy atom. The molecule has 23 heavy (non-hydrogen) atoms. The number of carbonyl (C=O) groups excluding carboxylic acids is 1. The molecule has 128 valence electrons. The molecule has 0 spiro atoms. The molecule has 0 aliphatic carbocycles. The smallest absolute Gasteiger partial charge is 0.220 e. The summed E-state index contributed by atoms with van der Waals surface area (Å²) < 4.78 is 13.1. The second-order valence-electron chi connectivity index (χ2n) is 6.55. The van der Waals surface area contributed by atoms with Gasteiger partial charge in [-0.1, -0.05) is 12.1 Å². The van der Waals surface area contributed by atoms with Crippen LogP contribution in [0.3, 0.4) is 0 Å². The molecular weight excluding hydrogens is 319 g/mol.